The summed E-state index contributed by atoms with van der Waals surface area (Å²) in [5.74, 6) is 0.0901. The zero-order valence-corrected chi connectivity index (χ0v) is 24.6. The van der Waals surface area contributed by atoms with Crippen LogP contribution in [0.15, 0.2) is 30.5 Å². The van der Waals surface area contributed by atoms with E-state index < -0.39 is 47.9 Å². The Hall–Kier alpha value is -4.65. The largest absolute Gasteiger partial charge is 0.461 e. The lowest BCUT2D eigenvalue weighted by Gasteiger charge is -2.31. The summed E-state index contributed by atoms with van der Waals surface area (Å²) in [6.45, 7) is -0.631. The van der Waals surface area contributed by atoms with Gasteiger partial charge in [-0.25, -0.2) is 13.2 Å². The molecule has 0 spiro atoms. The Balaban J connectivity index is 1.32. The van der Waals surface area contributed by atoms with E-state index in [2.05, 4.69) is 26.9 Å². The summed E-state index contributed by atoms with van der Waals surface area (Å²) in [5.41, 5.74) is 4.90. The first-order valence-corrected chi connectivity index (χ1v) is 15.2. The SMILES string of the molecule is [2H]C([2H])(Oc1nc(N2CCOC[C@H]3[C@H](F)[C@H]32)c2cnc(-c3cc(N)cc4ccc(F)c(C#C)c34)c(F)c2n1)[C@@]12CCCN1C[C@H](C#N)C2. The molecule has 4 fully saturated rings. The fourth-order valence-corrected chi connectivity index (χ4v) is 7.51. The molecule has 12 heteroatoms. The molecular formula is C34H30F3N7O2. The Morgan fingerprint density at radius 3 is 2.96 bits per heavy atom. The van der Waals surface area contributed by atoms with Gasteiger partial charge in [0, 0.05) is 41.8 Å². The second-order valence-corrected chi connectivity index (χ2v) is 12.4. The van der Waals surface area contributed by atoms with Crippen LogP contribution in [0.2, 0.25) is 0 Å². The molecule has 0 unspecified atom stereocenters. The van der Waals surface area contributed by atoms with Gasteiger partial charge < -0.3 is 20.1 Å². The average Bonchev–Trinajstić information content (AvgIpc) is 3.36. The molecule has 2 aromatic heterocycles. The maximum Gasteiger partial charge on any atom is 0.319 e. The number of nitrogens with zero attached hydrogens (tertiary/aromatic N) is 6. The number of halogens is 3. The summed E-state index contributed by atoms with van der Waals surface area (Å²) >= 11 is 0. The van der Waals surface area contributed by atoms with E-state index in [9.17, 15) is 9.65 Å². The minimum atomic E-state index is -2.37. The summed E-state index contributed by atoms with van der Waals surface area (Å²) in [5, 5.41) is 10.5. The average molecular weight is 628 g/mol. The third-order valence-corrected chi connectivity index (χ3v) is 9.75. The second kappa shape index (κ2) is 10.7. The number of benzene rings is 2. The van der Waals surface area contributed by atoms with Gasteiger partial charge in [-0.3, -0.25) is 9.88 Å². The van der Waals surface area contributed by atoms with Gasteiger partial charge in [0.2, 0.25) is 0 Å². The van der Waals surface area contributed by atoms with Gasteiger partial charge in [-0.1, -0.05) is 12.0 Å². The number of fused-ring (bicyclic) bond motifs is 4. The molecule has 1 aliphatic carbocycles. The first kappa shape index (κ1) is 26.6. The molecule has 0 amide bonds. The van der Waals surface area contributed by atoms with Crippen molar-refractivity contribution in [2.75, 3.05) is 50.0 Å². The van der Waals surface area contributed by atoms with Crippen LogP contribution in [0.25, 0.3) is 32.9 Å². The number of aromatic nitrogens is 3. The van der Waals surface area contributed by atoms with Gasteiger partial charge in [0.25, 0.3) is 0 Å². The second-order valence-electron chi connectivity index (χ2n) is 12.4. The fourth-order valence-electron chi connectivity index (χ4n) is 7.51. The van der Waals surface area contributed by atoms with Crippen LogP contribution in [0.5, 0.6) is 6.01 Å². The van der Waals surface area contributed by atoms with Crippen LogP contribution in [0.1, 0.15) is 27.6 Å². The van der Waals surface area contributed by atoms with E-state index in [0.29, 0.717) is 24.9 Å². The number of hydrogen-bond donors (Lipinski definition) is 1. The quantitative estimate of drug-likeness (QED) is 0.250. The lowest BCUT2D eigenvalue weighted by Crippen LogP contribution is -2.43. The van der Waals surface area contributed by atoms with Crippen LogP contribution >= 0.6 is 0 Å². The summed E-state index contributed by atoms with van der Waals surface area (Å²) in [4.78, 5) is 17.0. The molecule has 1 saturated carbocycles. The molecule has 234 valence electrons. The summed E-state index contributed by atoms with van der Waals surface area (Å²) in [7, 11) is 0. The molecular weight excluding hydrogens is 595 g/mol. The molecule has 2 N–H and O–H groups in total. The van der Waals surface area contributed by atoms with Crippen LogP contribution in [0.4, 0.5) is 24.7 Å². The zero-order valence-electron chi connectivity index (χ0n) is 26.6. The molecule has 3 aliphatic heterocycles. The third-order valence-electron chi connectivity index (χ3n) is 9.75. The number of nitrogen functional groups attached to an aromatic ring is 1. The molecule has 46 heavy (non-hydrogen) atoms. The summed E-state index contributed by atoms with van der Waals surface area (Å²) < 4.78 is 76.7. The normalized spacial score (nSPS) is 28.2. The minimum Gasteiger partial charge on any atom is -0.461 e. The number of nitrogens with two attached hydrogens (primary N) is 1. The first-order valence-electron chi connectivity index (χ1n) is 16.2. The van der Waals surface area contributed by atoms with Gasteiger partial charge in [0.15, 0.2) is 5.82 Å². The summed E-state index contributed by atoms with van der Waals surface area (Å²) in [6, 6.07) is 6.96. The van der Waals surface area contributed by atoms with Gasteiger partial charge in [-0.05, 0) is 49.4 Å². The van der Waals surface area contributed by atoms with Gasteiger partial charge in [0.05, 0.1) is 50.5 Å². The Morgan fingerprint density at radius 2 is 2.13 bits per heavy atom. The Kier molecular flexibility index (Phi) is 6.19. The van der Waals surface area contributed by atoms with Crippen LogP contribution in [0, 0.1) is 47.1 Å². The van der Waals surface area contributed by atoms with E-state index in [1.165, 1.54) is 24.4 Å². The first-order chi connectivity index (χ1) is 23.1. The molecule has 3 saturated heterocycles. The number of nitriles is 1. The Bertz CT molecular complexity index is 2090. The number of rotatable bonds is 5. The number of terminal acetylenes is 1. The van der Waals surface area contributed by atoms with Gasteiger partial charge in [-0.2, -0.15) is 15.2 Å². The minimum absolute atomic E-state index is 0.0877. The maximum atomic E-state index is 16.9. The van der Waals surface area contributed by atoms with Gasteiger partial charge in [-0.15, -0.1) is 6.42 Å². The van der Waals surface area contributed by atoms with Crippen molar-refractivity contribution in [1.82, 2.24) is 19.9 Å². The molecule has 8 rings (SSSR count). The highest BCUT2D eigenvalue weighted by molar-refractivity contribution is 6.03. The van der Waals surface area contributed by atoms with Gasteiger partial charge in [0.1, 0.15) is 35.6 Å². The van der Waals surface area contributed by atoms with E-state index in [1.807, 2.05) is 4.90 Å². The highest BCUT2D eigenvalue weighted by Gasteiger charge is 2.56. The molecule has 9 nitrogen and oxygen atoms in total. The molecule has 4 aromatic rings. The molecule has 0 radical (unpaired) electrons. The Morgan fingerprint density at radius 1 is 1.26 bits per heavy atom. The highest BCUT2D eigenvalue weighted by Crippen LogP contribution is 2.46. The smallest absolute Gasteiger partial charge is 0.319 e. The highest BCUT2D eigenvalue weighted by atomic mass is 19.1. The van der Waals surface area contributed by atoms with Crippen molar-refractivity contribution in [2.45, 2.75) is 37.0 Å². The van der Waals surface area contributed by atoms with E-state index in [4.69, 9.17) is 24.4 Å². The predicted molar refractivity (Wildman–Crippen MR) is 166 cm³/mol. The van der Waals surface area contributed by atoms with Crippen LogP contribution in [0.3, 0.4) is 0 Å². The van der Waals surface area contributed by atoms with Gasteiger partial charge >= 0.3 is 6.01 Å². The lowest BCUT2D eigenvalue weighted by atomic mass is 9.91. The van der Waals surface area contributed by atoms with Crippen LogP contribution in [-0.2, 0) is 4.74 Å². The van der Waals surface area contributed by atoms with Crippen molar-refractivity contribution in [3.63, 3.8) is 0 Å². The van der Waals surface area contributed by atoms with E-state index in [-0.39, 0.29) is 76.7 Å². The molecule has 0 bridgehead atoms. The van der Waals surface area contributed by atoms with Crippen LogP contribution < -0.4 is 15.4 Å². The van der Waals surface area contributed by atoms with Crippen molar-refractivity contribution in [3.05, 3.63) is 47.7 Å². The topological polar surface area (TPSA) is 113 Å². The predicted octanol–water partition coefficient (Wildman–Crippen LogP) is 4.62. The third kappa shape index (κ3) is 4.43. The number of pyridine rings is 1. The standard InChI is InChI=1S/C34H30F3N7O2/c1-2-21-25(35)5-4-19-10-20(39)11-22(26(19)21)29-28(37)30-23(14-40-29)32(44-8-9-45-16-24-27(36)31(24)44)42-33(41-30)46-17-34-6-3-7-43(34)15-18(12-34)13-38/h1,4-5,10-11,14,18,24,27,31H,3,6-9,12,15-17,39H2/t18-,24-,27-,31-,34-/m0/s1/i17D2. The van der Waals surface area contributed by atoms with Crippen molar-refractivity contribution >= 4 is 33.2 Å². The number of anilines is 2. The van der Waals surface area contributed by atoms with Crippen LogP contribution in [-0.4, -0.2) is 77.0 Å². The Labute approximate surface area is 265 Å². The molecule has 5 heterocycles. The van der Waals surface area contributed by atoms with E-state index in [1.54, 1.807) is 11.0 Å². The molecule has 5 atom stereocenters. The maximum absolute atomic E-state index is 16.9. The molecule has 2 aromatic carbocycles. The zero-order chi connectivity index (χ0) is 33.5. The summed E-state index contributed by atoms with van der Waals surface area (Å²) in [6.07, 6.45) is 7.26. The van der Waals surface area contributed by atoms with Crippen molar-refractivity contribution < 1.29 is 25.4 Å². The number of alkyl halides is 1. The van der Waals surface area contributed by atoms with E-state index >= 15 is 8.78 Å². The molecule has 4 aliphatic rings. The van der Waals surface area contributed by atoms with Crippen molar-refractivity contribution in [2.24, 2.45) is 11.8 Å². The fraction of sp³-hybridized carbons (Fsp3) is 0.412. The van der Waals surface area contributed by atoms with E-state index in [0.717, 1.165) is 6.42 Å². The van der Waals surface area contributed by atoms with Crippen molar-refractivity contribution in [3.8, 4) is 35.7 Å². The number of hydrogen-bond acceptors (Lipinski definition) is 9. The number of ether oxygens (including phenoxy) is 2. The van der Waals surface area contributed by atoms with Crippen molar-refractivity contribution in [1.29, 1.82) is 5.26 Å². The monoisotopic (exact) mass is 627 g/mol. The lowest BCUT2D eigenvalue weighted by molar-refractivity contribution is 0.107.